The molecular weight excluding hydrogens is 179 g/mol. The molecule has 0 unspecified atom stereocenters. The fourth-order valence-corrected chi connectivity index (χ4v) is 0.563. The lowest BCUT2D eigenvalue weighted by molar-refractivity contribution is 0.405. The number of rotatable bonds is 0. The van der Waals surface area contributed by atoms with Crippen LogP contribution in [-0.2, 0) is 4.57 Å². The van der Waals surface area contributed by atoms with Gasteiger partial charge in [0.25, 0.3) is 0 Å². The van der Waals surface area contributed by atoms with Crippen LogP contribution >= 0.6 is 8.25 Å². The molecule has 0 aliphatic heterocycles. The Morgan fingerprint density at radius 1 is 1.25 bits per heavy atom. The minimum Gasteiger partial charge on any atom is -0.508 e. The van der Waals surface area contributed by atoms with Crippen molar-refractivity contribution >= 4 is 8.25 Å². The van der Waals surface area contributed by atoms with Gasteiger partial charge < -0.3 is 14.9 Å². The Hall–Kier alpha value is -0.830. The Bertz CT molecular complexity index is 236. The van der Waals surface area contributed by atoms with E-state index in [0.717, 1.165) is 5.56 Å². The molecule has 0 aliphatic carbocycles. The average molecular weight is 190 g/mol. The van der Waals surface area contributed by atoms with E-state index >= 15 is 0 Å². The molecule has 0 atom stereocenters. The van der Waals surface area contributed by atoms with Gasteiger partial charge in [-0.2, -0.15) is 0 Å². The highest BCUT2D eigenvalue weighted by atomic mass is 31.1. The van der Waals surface area contributed by atoms with Gasteiger partial charge in [0.1, 0.15) is 5.75 Å². The van der Waals surface area contributed by atoms with Gasteiger partial charge in [0.2, 0.25) is 0 Å². The predicted molar refractivity (Wildman–Crippen MR) is 46.3 cm³/mol. The van der Waals surface area contributed by atoms with Crippen LogP contribution < -0.4 is 0 Å². The molecular formula is C7H11O4P. The number of benzene rings is 1. The molecule has 0 saturated carbocycles. The smallest absolute Gasteiger partial charge is 0.314 e. The predicted octanol–water partition coefficient (Wildman–Crippen LogP) is 1.06. The van der Waals surface area contributed by atoms with E-state index in [9.17, 15) is 0 Å². The summed E-state index contributed by atoms with van der Waals surface area (Å²) in [5.74, 6) is 0.368. The highest BCUT2D eigenvalue weighted by molar-refractivity contribution is 7.30. The normalized spacial score (nSPS) is 9.00. The number of aromatic hydroxyl groups is 1. The fourth-order valence-electron chi connectivity index (χ4n) is 0.563. The first-order valence-electron chi connectivity index (χ1n) is 3.20. The molecule has 1 aromatic rings. The van der Waals surface area contributed by atoms with Gasteiger partial charge in [-0.25, -0.2) is 0 Å². The second-order valence-electron chi connectivity index (χ2n) is 2.07. The van der Waals surface area contributed by atoms with E-state index in [1.807, 2.05) is 25.1 Å². The van der Waals surface area contributed by atoms with Crippen LogP contribution in [0, 0.1) is 6.92 Å². The van der Waals surface area contributed by atoms with Crippen LogP contribution in [0.1, 0.15) is 5.56 Å². The van der Waals surface area contributed by atoms with Crippen LogP contribution in [0.4, 0.5) is 0 Å². The molecule has 0 aliphatic rings. The topological polar surface area (TPSA) is 77.8 Å². The van der Waals surface area contributed by atoms with Gasteiger partial charge in [-0.05, 0) is 18.6 Å². The van der Waals surface area contributed by atoms with Crippen molar-refractivity contribution in [3.05, 3.63) is 29.8 Å². The zero-order valence-corrected chi connectivity index (χ0v) is 7.56. The number of phenolic OH excluding ortho intramolecular Hbond substituents is 1. The maximum Gasteiger partial charge on any atom is 0.314 e. The van der Waals surface area contributed by atoms with E-state index < -0.39 is 8.25 Å². The fraction of sp³-hybridized carbons (Fsp3) is 0.143. The summed E-state index contributed by atoms with van der Waals surface area (Å²) in [5.41, 5.74) is 0.924. The number of para-hydroxylation sites is 1. The molecule has 3 N–H and O–H groups in total. The van der Waals surface area contributed by atoms with E-state index in [0.29, 0.717) is 5.75 Å². The minimum atomic E-state index is -3.13. The molecule has 4 nitrogen and oxygen atoms in total. The standard InChI is InChI=1S/C7H8O.H3O3P/c1-6-4-2-3-5-7(6)8;1-4(2)3/h2-5,8H,1H3;4H,(H2,1,2,3). The quantitative estimate of drug-likeness (QED) is 0.534. The molecule has 0 radical (unpaired) electrons. The van der Waals surface area contributed by atoms with Crippen LogP contribution in [0.25, 0.3) is 0 Å². The van der Waals surface area contributed by atoms with Gasteiger partial charge >= 0.3 is 8.25 Å². The van der Waals surface area contributed by atoms with E-state index in [-0.39, 0.29) is 0 Å². The van der Waals surface area contributed by atoms with Crippen molar-refractivity contribution < 1.29 is 19.5 Å². The number of phenols is 1. The van der Waals surface area contributed by atoms with Crippen molar-refractivity contribution in [2.24, 2.45) is 0 Å². The van der Waals surface area contributed by atoms with Crippen molar-refractivity contribution in [2.75, 3.05) is 0 Å². The SMILES string of the molecule is Cc1ccccc1O.O=[PH](O)O. The van der Waals surface area contributed by atoms with E-state index in [1.54, 1.807) is 6.07 Å². The second kappa shape index (κ2) is 5.77. The van der Waals surface area contributed by atoms with E-state index in [1.165, 1.54) is 0 Å². The molecule has 0 fully saturated rings. The van der Waals surface area contributed by atoms with Crippen LogP contribution in [0.3, 0.4) is 0 Å². The maximum absolute atomic E-state index is 8.92. The van der Waals surface area contributed by atoms with Crippen LogP contribution in [0.15, 0.2) is 24.3 Å². The van der Waals surface area contributed by atoms with Crippen molar-refractivity contribution in [3.63, 3.8) is 0 Å². The minimum absolute atomic E-state index is 0.368. The lowest BCUT2D eigenvalue weighted by Crippen LogP contribution is -1.68. The summed E-state index contributed by atoms with van der Waals surface area (Å²) in [7, 11) is -3.13. The number of aryl methyl sites for hydroxylation is 1. The first-order chi connectivity index (χ1) is 5.54. The third-order valence-electron chi connectivity index (χ3n) is 1.12. The maximum atomic E-state index is 8.92. The zero-order valence-electron chi connectivity index (χ0n) is 6.56. The summed E-state index contributed by atoms with van der Waals surface area (Å²) < 4.78 is 8.74. The molecule has 12 heavy (non-hydrogen) atoms. The van der Waals surface area contributed by atoms with Gasteiger partial charge in [-0.15, -0.1) is 0 Å². The van der Waals surface area contributed by atoms with E-state index in [2.05, 4.69) is 0 Å². The Morgan fingerprint density at radius 2 is 1.67 bits per heavy atom. The largest absolute Gasteiger partial charge is 0.508 e. The highest BCUT2D eigenvalue weighted by Crippen LogP contribution is 2.12. The van der Waals surface area contributed by atoms with E-state index in [4.69, 9.17) is 19.5 Å². The summed E-state index contributed by atoms with van der Waals surface area (Å²) in [6.45, 7) is 1.87. The molecule has 68 valence electrons. The van der Waals surface area contributed by atoms with Gasteiger partial charge in [-0.1, -0.05) is 18.2 Å². The average Bonchev–Trinajstić information content (AvgIpc) is 1.94. The van der Waals surface area contributed by atoms with Gasteiger partial charge in [-0.3, -0.25) is 4.57 Å². The van der Waals surface area contributed by atoms with Crippen molar-refractivity contribution in [2.45, 2.75) is 6.92 Å². The van der Waals surface area contributed by atoms with Crippen LogP contribution in [0.2, 0.25) is 0 Å². The number of hydrogen-bond acceptors (Lipinski definition) is 2. The van der Waals surface area contributed by atoms with Crippen molar-refractivity contribution in [1.29, 1.82) is 0 Å². The Labute approximate surface area is 71.1 Å². The second-order valence-corrected chi connectivity index (χ2v) is 2.63. The summed E-state index contributed by atoms with van der Waals surface area (Å²) in [6.07, 6.45) is 0. The van der Waals surface area contributed by atoms with Gasteiger partial charge in [0, 0.05) is 0 Å². The van der Waals surface area contributed by atoms with Crippen molar-refractivity contribution in [1.82, 2.24) is 0 Å². The zero-order chi connectivity index (χ0) is 9.56. The summed E-state index contributed by atoms with van der Waals surface area (Å²) in [6, 6.07) is 7.25. The lowest BCUT2D eigenvalue weighted by Gasteiger charge is -1.92. The molecule has 0 amide bonds. The third-order valence-corrected chi connectivity index (χ3v) is 1.12. The van der Waals surface area contributed by atoms with Crippen molar-refractivity contribution in [3.8, 4) is 5.75 Å². The molecule has 5 heteroatoms. The van der Waals surface area contributed by atoms with Crippen LogP contribution in [0.5, 0.6) is 5.75 Å². The molecule has 1 rings (SSSR count). The molecule has 0 heterocycles. The summed E-state index contributed by atoms with van der Waals surface area (Å²) in [5, 5.41) is 8.92. The molecule has 0 bridgehead atoms. The Morgan fingerprint density at radius 3 is 1.92 bits per heavy atom. The lowest BCUT2D eigenvalue weighted by atomic mass is 10.2. The Kier molecular flexibility index (Phi) is 5.37. The molecule has 0 saturated heterocycles. The Balaban J connectivity index is 0.000000261. The van der Waals surface area contributed by atoms with Gasteiger partial charge in [0.15, 0.2) is 0 Å². The third kappa shape index (κ3) is 5.92. The van der Waals surface area contributed by atoms with Gasteiger partial charge in [0.05, 0.1) is 0 Å². The first-order valence-corrected chi connectivity index (χ1v) is 4.50. The first kappa shape index (κ1) is 11.2. The molecule has 1 aromatic carbocycles. The monoisotopic (exact) mass is 190 g/mol. The molecule has 0 aromatic heterocycles. The number of hydrogen-bond donors (Lipinski definition) is 3. The van der Waals surface area contributed by atoms with Crippen LogP contribution in [-0.4, -0.2) is 14.9 Å². The summed E-state index contributed by atoms with van der Waals surface area (Å²) >= 11 is 0. The molecule has 0 spiro atoms. The summed E-state index contributed by atoms with van der Waals surface area (Å²) in [4.78, 5) is 14.3. The highest BCUT2D eigenvalue weighted by Gasteiger charge is 1.86.